The minimum Gasteiger partial charge on any atom is -0.462 e. The third-order valence-electron chi connectivity index (χ3n) is 9.83. The van der Waals surface area contributed by atoms with E-state index in [0.29, 0.717) is 6.42 Å². The zero-order chi connectivity index (χ0) is 34.1. The molecule has 1 N–H and O–H groups in total. The number of hydrogen-bond acceptors (Lipinski definition) is 4. The van der Waals surface area contributed by atoms with Crippen LogP contribution < -0.4 is 5.32 Å². The molecule has 0 saturated carbocycles. The van der Waals surface area contributed by atoms with E-state index in [2.05, 4.69) is 26.1 Å². The SMILES string of the molecule is CCCCCCCCCOCCCCCCCCNCCCCCCCC(=O)OC(CCCCCCCC)CCCCCCCCC. The maximum atomic E-state index is 12.6. The smallest absolute Gasteiger partial charge is 0.306 e. The molecule has 0 aliphatic heterocycles. The van der Waals surface area contributed by atoms with Crippen molar-refractivity contribution < 1.29 is 14.3 Å². The Bertz CT molecular complexity index is 583. The Kier molecular flexibility index (Phi) is 41.0. The van der Waals surface area contributed by atoms with E-state index in [-0.39, 0.29) is 12.1 Å². The summed E-state index contributed by atoms with van der Waals surface area (Å²) < 4.78 is 11.8. The van der Waals surface area contributed by atoms with Gasteiger partial charge in [0.15, 0.2) is 0 Å². The standard InChI is InChI=1S/C43H87NO3/c1-4-7-10-13-16-22-29-36-42(35-28-21-15-12-9-6-3)47-43(45)37-30-23-20-25-32-39-44-38-31-24-17-19-27-34-41-46-40-33-26-18-14-11-8-5-2/h42,44H,4-41H2,1-3H3. The van der Waals surface area contributed by atoms with E-state index in [4.69, 9.17) is 9.47 Å². The molecule has 0 aliphatic carbocycles. The van der Waals surface area contributed by atoms with Gasteiger partial charge in [0.25, 0.3) is 0 Å². The lowest BCUT2D eigenvalue weighted by Crippen LogP contribution is -2.18. The molecule has 4 heteroatoms. The number of ether oxygens (including phenoxy) is 2. The first-order chi connectivity index (χ1) is 23.2. The molecule has 0 spiro atoms. The van der Waals surface area contributed by atoms with Crippen molar-refractivity contribution in [2.24, 2.45) is 0 Å². The van der Waals surface area contributed by atoms with Gasteiger partial charge >= 0.3 is 5.97 Å². The van der Waals surface area contributed by atoms with Gasteiger partial charge in [-0.1, -0.05) is 175 Å². The van der Waals surface area contributed by atoms with E-state index in [1.165, 1.54) is 186 Å². The maximum Gasteiger partial charge on any atom is 0.306 e. The van der Waals surface area contributed by atoms with Gasteiger partial charge in [-0.25, -0.2) is 0 Å². The molecule has 4 nitrogen and oxygen atoms in total. The summed E-state index contributed by atoms with van der Waals surface area (Å²) in [7, 11) is 0. The summed E-state index contributed by atoms with van der Waals surface area (Å²) in [6.45, 7) is 11.1. The molecule has 0 radical (unpaired) electrons. The average Bonchev–Trinajstić information content (AvgIpc) is 3.07. The van der Waals surface area contributed by atoms with Gasteiger partial charge in [0.2, 0.25) is 0 Å². The van der Waals surface area contributed by atoms with Crippen molar-refractivity contribution >= 4 is 5.97 Å². The molecule has 0 rings (SSSR count). The van der Waals surface area contributed by atoms with Crippen LogP contribution in [0.3, 0.4) is 0 Å². The van der Waals surface area contributed by atoms with E-state index >= 15 is 0 Å². The van der Waals surface area contributed by atoms with Gasteiger partial charge in [0.1, 0.15) is 6.10 Å². The molecule has 282 valence electrons. The number of hydrogen-bond donors (Lipinski definition) is 1. The van der Waals surface area contributed by atoms with Crippen molar-refractivity contribution in [1.29, 1.82) is 0 Å². The Morgan fingerprint density at radius 3 is 1.19 bits per heavy atom. The average molecular weight is 666 g/mol. The highest BCUT2D eigenvalue weighted by atomic mass is 16.5. The van der Waals surface area contributed by atoms with Gasteiger partial charge in [-0.2, -0.15) is 0 Å². The van der Waals surface area contributed by atoms with Crippen molar-refractivity contribution in [3.05, 3.63) is 0 Å². The van der Waals surface area contributed by atoms with Gasteiger partial charge in [0, 0.05) is 19.6 Å². The van der Waals surface area contributed by atoms with Crippen LogP contribution in [0.25, 0.3) is 0 Å². The quantitative estimate of drug-likeness (QED) is 0.0521. The van der Waals surface area contributed by atoms with Crippen molar-refractivity contribution in [2.75, 3.05) is 26.3 Å². The van der Waals surface area contributed by atoms with E-state index in [1.807, 2.05) is 0 Å². The number of nitrogens with one attached hydrogen (secondary N) is 1. The number of rotatable bonds is 41. The second-order valence-corrected chi connectivity index (χ2v) is 14.7. The molecule has 1 unspecified atom stereocenters. The Hall–Kier alpha value is -0.610. The summed E-state index contributed by atoms with van der Waals surface area (Å²) in [5.41, 5.74) is 0. The largest absolute Gasteiger partial charge is 0.462 e. The first-order valence-electron chi connectivity index (χ1n) is 21.7. The molecular formula is C43H87NO3. The lowest BCUT2D eigenvalue weighted by atomic mass is 10.0. The Balaban J connectivity index is 3.60. The van der Waals surface area contributed by atoms with E-state index in [1.54, 1.807) is 0 Å². The Morgan fingerprint density at radius 2 is 0.766 bits per heavy atom. The molecule has 0 fully saturated rings. The summed E-state index contributed by atoms with van der Waals surface area (Å²) in [5, 5.41) is 3.64. The lowest BCUT2D eigenvalue weighted by molar-refractivity contribution is -0.150. The van der Waals surface area contributed by atoms with Gasteiger partial charge in [-0.05, 0) is 70.9 Å². The van der Waals surface area contributed by atoms with Crippen LogP contribution in [0.1, 0.15) is 239 Å². The molecule has 0 aliphatic rings. The molecule has 0 aromatic rings. The van der Waals surface area contributed by atoms with E-state index in [0.717, 1.165) is 52.0 Å². The maximum absolute atomic E-state index is 12.6. The summed E-state index contributed by atoms with van der Waals surface area (Å²) in [6, 6.07) is 0. The van der Waals surface area contributed by atoms with Gasteiger partial charge in [-0.3, -0.25) is 4.79 Å². The summed E-state index contributed by atoms with van der Waals surface area (Å²) in [6.07, 6.45) is 43.3. The van der Waals surface area contributed by atoms with Gasteiger partial charge in [-0.15, -0.1) is 0 Å². The van der Waals surface area contributed by atoms with Gasteiger partial charge in [0.05, 0.1) is 0 Å². The van der Waals surface area contributed by atoms with Crippen molar-refractivity contribution in [3.63, 3.8) is 0 Å². The predicted octanol–water partition coefficient (Wildman–Crippen LogP) is 13.8. The molecule has 0 aromatic carbocycles. The molecule has 0 aromatic heterocycles. The van der Waals surface area contributed by atoms with Crippen molar-refractivity contribution in [3.8, 4) is 0 Å². The molecule has 0 heterocycles. The topological polar surface area (TPSA) is 47.6 Å². The second kappa shape index (κ2) is 41.6. The summed E-state index contributed by atoms with van der Waals surface area (Å²) in [5.74, 6) is 0.0535. The number of carbonyl (C=O) groups is 1. The van der Waals surface area contributed by atoms with Crippen LogP contribution in [0.2, 0.25) is 0 Å². The van der Waals surface area contributed by atoms with Crippen LogP contribution in [0.4, 0.5) is 0 Å². The molecule has 0 amide bonds. The van der Waals surface area contributed by atoms with E-state index in [9.17, 15) is 4.79 Å². The molecule has 1 atom stereocenters. The highest BCUT2D eigenvalue weighted by molar-refractivity contribution is 5.69. The molecule has 47 heavy (non-hydrogen) atoms. The number of esters is 1. The van der Waals surface area contributed by atoms with Crippen LogP contribution >= 0.6 is 0 Å². The normalized spacial score (nSPS) is 12.1. The van der Waals surface area contributed by atoms with E-state index < -0.39 is 0 Å². The fourth-order valence-electron chi connectivity index (χ4n) is 6.59. The Labute approximate surface area is 296 Å². The number of carbonyl (C=O) groups excluding carboxylic acids is 1. The first kappa shape index (κ1) is 46.4. The minimum absolute atomic E-state index is 0.0535. The second-order valence-electron chi connectivity index (χ2n) is 14.7. The zero-order valence-electron chi connectivity index (χ0n) is 32.7. The molecule has 0 saturated heterocycles. The molecular weight excluding hydrogens is 578 g/mol. The van der Waals surface area contributed by atoms with Crippen LogP contribution in [-0.2, 0) is 14.3 Å². The highest BCUT2D eigenvalue weighted by Gasteiger charge is 2.14. The zero-order valence-corrected chi connectivity index (χ0v) is 32.7. The van der Waals surface area contributed by atoms with Crippen LogP contribution in [-0.4, -0.2) is 38.4 Å². The van der Waals surface area contributed by atoms with Gasteiger partial charge < -0.3 is 14.8 Å². The van der Waals surface area contributed by atoms with Crippen molar-refractivity contribution in [2.45, 2.75) is 245 Å². The Morgan fingerprint density at radius 1 is 0.426 bits per heavy atom. The van der Waals surface area contributed by atoms with Crippen molar-refractivity contribution in [1.82, 2.24) is 5.32 Å². The summed E-state index contributed by atoms with van der Waals surface area (Å²) in [4.78, 5) is 12.6. The predicted molar refractivity (Wildman–Crippen MR) is 208 cm³/mol. The monoisotopic (exact) mass is 666 g/mol. The third-order valence-corrected chi connectivity index (χ3v) is 9.83. The third kappa shape index (κ3) is 39.7. The fourth-order valence-corrected chi connectivity index (χ4v) is 6.59. The highest BCUT2D eigenvalue weighted by Crippen LogP contribution is 2.18. The fraction of sp³-hybridized carbons (Fsp3) is 0.977. The van der Waals surface area contributed by atoms with Crippen LogP contribution in [0.5, 0.6) is 0 Å². The lowest BCUT2D eigenvalue weighted by Gasteiger charge is -2.18. The first-order valence-corrected chi connectivity index (χ1v) is 21.7. The van der Waals surface area contributed by atoms with Crippen LogP contribution in [0.15, 0.2) is 0 Å². The summed E-state index contributed by atoms with van der Waals surface area (Å²) >= 11 is 0. The minimum atomic E-state index is 0.0535. The number of unbranched alkanes of at least 4 members (excludes halogenated alkanes) is 26. The molecule has 0 bridgehead atoms. The van der Waals surface area contributed by atoms with Crippen LogP contribution in [0, 0.1) is 0 Å².